The molecule has 0 aromatic carbocycles. The van der Waals surface area contributed by atoms with Gasteiger partial charge in [0, 0.05) is 23.3 Å². The van der Waals surface area contributed by atoms with Crippen LogP contribution in [0.2, 0.25) is 0 Å². The molecule has 1 aliphatic heterocycles. The van der Waals surface area contributed by atoms with E-state index < -0.39 is 0 Å². The van der Waals surface area contributed by atoms with E-state index in [4.69, 9.17) is 0 Å². The van der Waals surface area contributed by atoms with Crippen LogP contribution in [0.25, 0.3) is 11.3 Å². The van der Waals surface area contributed by atoms with Gasteiger partial charge >= 0.3 is 0 Å². The highest BCUT2D eigenvalue weighted by atomic mass is 28.2. The lowest BCUT2D eigenvalue weighted by atomic mass is 10.2. The summed E-state index contributed by atoms with van der Waals surface area (Å²) >= 11 is 0. The molecule has 2 radical (unpaired) electrons. The Balaban J connectivity index is 2.32. The number of pyridine rings is 2. The second-order valence-electron chi connectivity index (χ2n) is 2.92. The lowest BCUT2D eigenvalue weighted by Gasteiger charge is -1.96. The molecular formula is C10H6N2Si. The second-order valence-corrected chi connectivity index (χ2v) is 4.19. The maximum absolute atomic E-state index is 4.37. The molecule has 2 aromatic heterocycles. The Morgan fingerprint density at radius 3 is 2.85 bits per heavy atom. The summed E-state index contributed by atoms with van der Waals surface area (Å²) in [4.78, 5) is 8.71. The number of hydrogen-bond donors (Lipinski definition) is 0. The minimum Gasteiger partial charge on any atom is -0.266 e. The number of aromatic nitrogens is 2. The molecule has 2 aromatic rings. The van der Waals surface area contributed by atoms with E-state index in [-0.39, 0.29) is 0 Å². The van der Waals surface area contributed by atoms with Crippen LogP contribution in [0.1, 0.15) is 0 Å². The quantitative estimate of drug-likeness (QED) is 0.461. The smallest absolute Gasteiger partial charge is 0.151 e. The van der Waals surface area contributed by atoms with Crippen LogP contribution >= 0.6 is 0 Å². The maximum Gasteiger partial charge on any atom is 0.151 e. The van der Waals surface area contributed by atoms with Crippen LogP contribution in [-0.4, -0.2) is 19.5 Å². The molecule has 3 rings (SSSR count). The summed E-state index contributed by atoms with van der Waals surface area (Å²) < 4.78 is 0. The summed E-state index contributed by atoms with van der Waals surface area (Å²) in [5, 5.41) is 2.49. The van der Waals surface area contributed by atoms with Crippen LogP contribution in [0, 0.1) is 0 Å². The fraction of sp³-hybridized carbons (Fsp3) is 0. The van der Waals surface area contributed by atoms with Gasteiger partial charge in [-0.3, -0.25) is 9.97 Å². The van der Waals surface area contributed by atoms with Crippen molar-refractivity contribution in [2.24, 2.45) is 0 Å². The Bertz CT molecular complexity index is 424. The van der Waals surface area contributed by atoms with Crippen LogP contribution in [0.3, 0.4) is 0 Å². The molecule has 0 saturated carbocycles. The molecule has 0 spiro atoms. The van der Waals surface area contributed by atoms with Crippen LogP contribution < -0.4 is 10.5 Å². The van der Waals surface area contributed by atoms with Crippen molar-refractivity contribution in [3.8, 4) is 11.3 Å². The summed E-state index contributed by atoms with van der Waals surface area (Å²) in [5.41, 5.74) is 2.32. The van der Waals surface area contributed by atoms with Gasteiger partial charge in [-0.1, -0.05) is 6.07 Å². The predicted octanol–water partition coefficient (Wildman–Crippen LogP) is 0.112. The maximum atomic E-state index is 4.37. The first-order chi connectivity index (χ1) is 6.45. The van der Waals surface area contributed by atoms with Crippen molar-refractivity contribution in [2.75, 3.05) is 0 Å². The third-order valence-electron chi connectivity index (χ3n) is 2.12. The third kappa shape index (κ3) is 0.938. The Kier molecular flexibility index (Phi) is 1.34. The van der Waals surface area contributed by atoms with Crippen LogP contribution in [0.4, 0.5) is 0 Å². The van der Waals surface area contributed by atoms with Gasteiger partial charge in [0.25, 0.3) is 0 Å². The Morgan fingerprint density at radius 1 is 1.00 bits per heavy atom. The van der Waals surface area contributed by atoms with E-state index >= 15 is 0 Å². The zero-order valence-corrected chi connectivity index (χ0v) is 7.86. The average Bonchev–Trinajstić information content (AvgIpc) is 2.56. The molecule has 60 valence electrons. The van der Waals surface area contributed by atoms with Crippen molar-refractivity contribution < 1.29 is 0 Å². The molecule has 1 aliphatic rings. The minimum atomic E-state index is 0.677. The van der Waals surface area contributed by atoms with Gasteiger partial charge in [0.15, 0.2) is 9.52 Å². The van der Waals surface area contributed by atoms with Crippen LogP contribution in [-0.2, 0) is 0 Å². The highest BCUT2D eigenvalue weighted by molar-refractivity contribution is 6.72. The van der Waals surface area contributed by atoms with Gasteiger partial charge in [-0.25, -0.2) is 0 Å². The van der Waals surface area contributed by atoms with E-state index in [1.54, 1.807) is 0 Å². The van der Waals surface area contributed by atoms with E-state index in [0.29, 0.717) is 9.52 Å². The lowest BCUT2D eigenvalue weighted by Crippen LogP contribution is -2.23. The molecule has 0 aliphatic carbocycles. The van der Waals surface area contributed by atoms with Gasteiger partial charge in [0.1, 0.15) is 0 Å². The van der Waals surface area contributed by atoms with E-state index in [2.05, 4.69) is 22.1 Å². The Hall–Kier alpha value is -1.48. The first-order valence-corrected chi connectivity index (χ1v) is 5.12. The largest absolute Gasteiger partial charge is 0.266 e. The van der Waals surface area contributed by atoms with Crippen molar-refractivity contribution in [3.63, 3.8) is 0 Å². The molecule has 2 nitrogen and oxygen atoms in total. The minimum absolute atomic E-state index is 0.677. The van der Waals surface area contributed by atoms with Gasteiger partial charge < -0.3 is 0 Å². The predicted molar refractivity (Wildman–Crippen MR) is 52.5 cm³/mol. The van der Waals surface area contributed by atoms with E-state index in [0.717, 1.165) is 5.69 Å². The molecular weight excluding hydrogens is 176 g/mol. The van der Waals surface area contributed by atoms with Gasteiger partial charge in [0.05, 0.1) is 5.69 Å². The molecule has 0 unspecified atom stereocenters. The summed E-state index contributed by atoms with van der Waals surface area (Å²) in [5.74, 6) is 0. The first-order valence-electron chi connectivity index (χ1n) is 4.12. The Morgan fingerprint density at radius 2 is 1.85 bits per heavy atom. The van der Waals surface area contributed by atoms with Gasteiger partial charge in [-0.2, -0.15) is 0 Å². The van der Waals surface area contributed by atoms with Crippen LogP contribution in [0.5, 0.6) is 0 Å². The fourth-order valence-corrected chi connectivity index (χ4v) is 2.77. The summed E-state index contributed by atoms with van der Waals surface area (Å²) in [6, 6.07) is 8.17. The molecule has 0 atom stereocenters. The topological polar surface area (TPSA) is 25.8 Å². The normalized spacial score (nSPS) is 12.3. The molecule has 0 bridgehead atoms. The third-order valence-corrected chi connectivity index (χ3v) is 3.43. The van der Waals surface area contributed by atoms with E-state index in [1.165, 1.54) is 16.1 Å². The van der Waals surface area contributed by atoms with Crippen molar-refractivity contribution >= 4 is 20.0 Å². The number of fused-ring (bicyclic) bond motifs is 3. The fourth-order valence-electron chi connectivity index (χ4n) is 1.54. The van der Waals surface area contributed by atoms with E-state index in [1.807, 2.05) is 24.5 Å². The van der Waals surface area contributed by atoms with Gasteiger partial charge in [-0.05, 0) is 23.4 Å². The average molecular weight is 182 g/mol. The monoisotopic (exact) mass is 182 g/mol. The van der Waals surface area contributed by atoms with Crippen molar-refractivity contribution in [1.82, 2.24) is 9.97 Å². The van der Waals surface area contributed by atoms with Crippen molar-refractivity contribution in [1.29, 1.82) is 0 Å². The van der Waals surface area contributed by atoms with E-state index in [9.17, 15) is 0 Å². The zero-order valence-electron chi connectivity index (χ0n) is 6.86. The highest BCUT2D eigenvalue weighted by Gasteiger charge is 2.20. The van der Waals surface area contributed by atoms with Crippen molar-refractivity contribution in [2.45, 2.75) is 0 Å². The Labute approximate surface area is 78.5 Å². The SMILES string of the molecule is c1cnc2c(c1)[Si]c1ncccc1-2. The summed E-state index contributed by atoms with van der Waals surface area (Å²) in [7, 11) is 0.677. The first kappa shape index (κ1) is 6.97. The second kappa shape index (κ2) is 2.50. The highest BCUT2D eigenvalue weighted by Crippen LogP contribution is 2.14. The standard InChI is InChI=1S/C10H6N2Si/c1-3-7-9-8(4-2-5-11-9)13-10(7)12-6-1/h1-6H. The molecule has 0 amide bonds. The van der Waals surface area contributed by atoms with Gasteiger partial charge in [-0.15, -0.1) is 0 Å². The molecule has 0 saturated heterocycles. The molecule has 13 heavy (non-hydrogen) atoms. The van der Waals surface area contributed by atoms with Gasteiger partial charge in [0.2, 0.25) is 0 Å². The van der Waals surface area contributed by atoms with Crippen molar-refractivity contribution in [3.05, 3.63) is 36.7 Å². The number of hydrogen-bond acceptors (Lipinski definition) is 2. The number of rotatable bonds is 0. The lowest BCUT2D eigenvalue weighted by molar-refractivity contribution is 1.33. The zero-order chi connectivity index (χ0) is 8.67. The molecule has 0 N–H and O–H groups in total. The molecule has 3 heteroatoms. The number of nitrogens with zero attached hydrogens (tertiary/aromatic N) is 2. The van der Waals surface area contributed by atoms with Crippen LogP contribution in [0.15, 0.2) is 36.7 Å². The molecule has 3 heterocycles. The molecule has 0 fully saturated rings. The summed E-state index contributed by atoms with van der Waals surface area (Å²) in [6.45, 7) is 0. The summed E-state index contributed by atoms with van der Waals surface area (Å²) in [6.07, 6.45) is 3.68.